The molecule has 0 bridgehead atoms. The van der Waals surface area contributed by atoms with Gasteiger partial charge in [-0.2, -0.15) is 0 Å². The standard InChI is InChI=1S/C27H27ClF2N2O6S/c1-18(22-7-3-4-8-25(22)38-16-6-5-15-31(2)26(33)27(34)35)32(24-17-20(29)11-14-23(24)30)39(36,37)21-12-9-19(28)10-13-21/h3-4,7-14,17-18H,5-6,15-16H2,1-2H3,(H,34,35). The summed E-state index contributed by atoms with van der Waals surface area (Å²) in [5.41, 5.74) is -0.0738. The molecule has 0 spiro atoms. The monoisotopic (exact) mass is 580 g/mol. The molecule has 1 amide bonds. The van der Waals surface area contributed by atoms with Crippen LogP contribution in [0, 0.1) is 11.6 Å². The minimum absolute atomic E-state index is 0.166. The van der Waals surface area contributed by atoms with Crippen molar-refractivity contribution in [3.05, 3.63) is 89.0 Å². The first kappa shape index (κ1) is 29.9. The van der Waals surface area contributed by atoms with Crippen LogP contribution in [0.3, 0.4) is 0 Å². The number of ether oxygens (including phenoxy) is 1. The van der Waals surface area contributed by atoms with E-state index in [9.17, 15) is 26.8 Å². The van der Waals surface area contributed by atoms with Gasteiger partial charge in [-0.05, 0) is 62.2 Å². The van der Waals surface area contributed by atoms with E-state index in [1.165, 1.54) is 38.2 Å². The summed E-state index contributed by atoms with van der Waals surface area (Å²) in [6.07, 6.45) is 0.921. The number of likely N-dealkylation sites (N-methyl/N-ethyl adjacent to an activating group) is 1. The third kappa shape index (κ3) is 7.24. The molecule has 0 aliphatic rings. The summed E-state index contributed by atoms with van der Waals surface area (Å²) in [5.74, 6) is -3.97. The molecule has 0 radical (unpaired) electrons. The predicted molar refractivity (Wildman–Crippen MR) is 142 cm³/mol. The molecule has 0 saturated heterocycles. The molecule has 0 heterocycles. The van der Waals surface area contributed by atoms with E-state index >= 15 is 0 Å². The first-order valence-electron chi connectivity index (χ1n) is 11.9. The number of benzene rings is 3. The zero-order valence-corrected chi connectivity index (χ0v) is 22.8. The maximum absolute atomic E-state index is 15.0. The number of anilines is 1. The molecule has 1 unspecified atom stereocenters. The average Bonchev–Trinajstić information content (AvgIpc) is 2.90. The molecule has 12 heteroatoms. The molecule has 1 atom stereocenters. The number of nitrogens with zero attached hydrogens (tertiary/aromatic N) is 2. The second-order valence-corrected chi connectivity index (χ2v) is 10.9. The molecule has 3 aromatic carbocycles. The molecule has 39 heavy (non-hydrogen) atoms. The third-order valence-corrected chi connectivity index (χ3v) is 8.06. The van der Waals surface area contributed by atoms with Crippen LogP contribution in [0.25, 0.3) is 0 Å². The maximum Gasteiger partial charge on any atom is 0.394 e. The number of hydrogen-bond donors (Lipinski definition) is 1. The van der Waals surface area contributed by atoms with Crippen molar-refractivity contribution in [2.75, 3.05) is 24.5 Å². The Labute approximate surface area is 230 Å². The Morgan fingerprint density at radius 2 is 1.69 bits per heavy atom. The Bertz CT molecular complexity index is 1440. The molecular formula is C27H27ClF2N2O6S. The molecule has 8 nitrogen and oxygen atoms in total. The number of halogens is 3. The van der Waals surface area contributed by atoms with Crippen LogP contribution in [0.4, 0.5) is 14.5 Å². The number of rotatable bonds is 11. The van der Waals surface area contributed by atoms with Crippen LogP contribution >= 0.6 is 11.6 Å². The highest BCUT2D eigenvalue weighted by Crippen LogP contribution is 2.38. The zero-order chi connectivity index (χ0) is 28.7. The maximum atomic E-state index is 15.0. The van der Waals surface area contributed by atoms with Gasteiger partial charge in [0, 0.05) is 30.2 Å². The number of amides is 1. The van der Waals surface area contributed by atoms with Gasteiger partial charge in [0.25, 0.3) is 10.0 Å². The highest BCUT2D eigenvalue weighted by molar-refractivity contribution is 7.92. The van der Waals surface area contributed by atoms with Crippen LogP contribution in [0.15, 0.2) is 71.6 Å². The zero-order valence-electron chi connectivity index (χ0n) is 21.2. The number of aliphatic carboxylic acids is 1. The quantitative estimate of drug-likeness (QED) is 0.245. The lowest BCUT2D eigenvalue weighted by Crippen LogP contribution is -2.34. The van der Waals surface area contributed by atoms with Crippen LogP contribution in [-0.4, -0.2) is 50.5 Å². The van der Waals surface area contributed by atoms with Crippen molar-refractivity contribution in [3.63, 3.8) is 0 Å². The minimum atomic E-state index is -4.40. The van der Waals surface area contributed by atoms with Gasteiger partial charge >= 0.3 is 11.9 Å². The number of sulfonamides is 1. The Hall–Kier alpha value is -3.70. The van der Waals surface area contributed by atoms with Crippen molar-refractivity contribution in [2.24, 2.45) is 0 Å². The number of hydrogen-bond acceptors (Lipinski definition) is 5. The summed E-state index contributed by atoms with van der Waals surface area (Å²) >= 11 is 5.92. The lowest BCUT2D eigenvalue weighted by atomic mass is 10.1. The van der Waals surface area contributed by atoms with E-state index in [4.69, 9.17) is 21.4 Å². The normalized spacial score (nSPS) is 12.0. The van der Waals surface area contributed by atoms with Crippen LogP contribution in [0.2, 0.25) is 5.02 Å². The number of carbonyl (C=O) groups is 2. The molecule has 0 aromatic heterocycles. The fourth-order valence-electron chi connectivity index (χ4n) is 3.90. The molecule has 1 N–H and O–H groups in total. The van der Waals surface area contributed by atoms with Crippen molar-refractivity contribution < 1.29 is 36.6 Å². The van der Waals surface area contributed by atoms with E-state index in [1.807, 2.05) is 0 Å². The molecule has 0 aliphatic heterocycles. The van der Waals surface area contributed by atoms with E-state index in [2.05, 4.69) is 0 Å². The molecule has 0 fully saturated rings. The highest BCUT2D eigenvalue weighted by atomic mass is 35.5. The largest absolute Gasteiger partial charge is 0.493 e. The van der Waals surface area contributed by atoms with Gasteiger partial charge in [0.2, 0.25) is 0 Å². The van der Waals surface area contributed by atoms with E-state index in [1.54, 1.807) is 24.3 Å². The van der Waals surface area contributed by atoms with Gasteiger partial charge in [0.05, 0.1) is 23.2 Å². The van der Waals surface area contributed by atoms with E-state index in [0.29, 0.717) is 29.2 Å². The van der Waals surface area contributed by atoms with Crippen molar-refractivity contribution in [2.45, 2.75) is 30.7 Å². The smallest absolute Gasteiger partial charge is 0.394 e. The van der Waals surface area contributed by atoms with Crippen LogP contribution in [-0.2, 0) is 19.6 Å². The first-order valence-corrected chi connectivity index (χ1v) is 13.7. The lowest BCUT2D eigenvalue weighted by Gasteiger charge is -2.32. The van der Waals surface area contributed by atoms with Gasteiger partial charge in [-0.15, -0.1) is 0 Å². The topological polar surface area (TPSA) is 104 Å². The summed E-state index contributed by atoms with van der Waals surface area (Å²) in [5, 5.41) is 9.08. The van der Waals surface area contributed by atoms with Crippen molar-refractivity contribution in [3.8, 4) is 5.75 Å². The second kappa shape index (κ2) is 12.9. The summed E-state index contributed by atoms with van der Waals surface area (Å²) in [7, 11) is -3.02. The summed E-state index contributed by atoms with van der Waals surface area (Å²) in [6, 6.07) is 13.5. The molecule has 0 aliphatic carbocycles. The van der Waals surface area contributed by atoms with Gasteiger partial charge < -0.3 is 14.7 Å². The fourth-order valence-corrected chi connectivity index (χ4v) is 5.66. The molecule has 208 valence electrons. The Morgan fingerprint density at radius 1 is 1.03 bits per heavy atom. The van der Waals surface area contributed by atoms with Gasteiger partial charge in [-0.25, -0.2) is 22.0 Å². The number of carboxylic acids is 1. The molecule has 3 aromatic rings. The number of unbranched alkanes of at least 4 members (excludes halogenated alkanes) is 1. The van der Waals surface area contributed by atoms with E-state index < -0.39 is 45.3 Å². The van der Waals surface area contributed by atoms with Gasteiger partial charge in [-0.3, -0.25) is 9.10 Å². The molecular weight excluding hydrogens is 554 g/mol. The van der Waals surface area contributed by atoms with Gasteiger partial charge in [-0.1, -0.05) is 29.8 Å². The minimum Gasteiger partial charge on any atom is -0.493 e. The Balaban J connectivity index is 1.89. The van der Waals surface area contributed by atoms with Crippen molar-refractivity contribution in [1.29, 1.82) is 0 Å². The van der Waals surface area contributed by atoms with E-state index in [0.717, 1.165) is 27.4 Å². The number of carboxylic acid groups (broad SMARTS) is 1. The highest BCUT2D eigenvalue weighted by Gasteiger charge is 2.34. The van der Waals surface area contributed by atoms with Gasteiger partial charge in [0.15, 0.2) is 0 Å². The van der Waals surface area contributed by atoms with Gasteiger partial charge in [0.1, 0.15) is 17.4 Å². The van der Waals surface area contributed by atoms with Crippen LogP contribution in [0.1, 0.15) is 31.4 Å². The van der Waals surface area contributed by atoms with E-state index in [-0.39, 0.29) is 18.0 Å². The third-order valence-electron chi connectivity index (χ3n) is 5.91. The summed E-state index contributed by atoms with van der Waals surface area (Å²) < 4.78 is 63.4. The second-order valence-electron chi connectivity index (χ2n) is 8.65. The Morgan fingerprint density at radius 3 is 2.36 bits per heavy atom. The molecule has 3 rings (SSSR count). The SMILES string of the molecule is CC(c1ccccc1OCCCCN(C)C(=O)C(=O)O)N(c1cc(F)ccc1F)S(=O)(=O)c1ccc(Cl)cc1. The molecule has 0 saturated carbocycles. The van der Waals surface area contributed by atoms with Crippen molar-refractivity contribution in [1.82, 2.24) is 4.90 Å². The first-order chi connectivity index (χ1) is 18.4. The van der Waals surface area contributed by atoms with Crippen LogP contribution in [0.5, 0.6) is 5.75 Å². The lowest BCUT2D eigenvalue weighted by molar-refractivity contribution is -0.155. The fraction of sp³-hybridized carbons (Fsp3) is 0.259. The number of carbonyl (C=O) groups excluding carboxylic acids is 1. The predicted octanol–water partition coefficient (Wildman–Crippen LogP) is 5.28. The van der Waals surface area contributed by atoms with Crippen LogP contribution < -0.4 is 9.04 Å². The summed E-state index contributed by atoms with van der Waals surface area (Å²) in [4.78, 5) is 23.2. The van der Waals surface area contributed by atoms with Crippen molar-refractivity contribution >= 4 is 39.2 Å². The average molecular weight is 581 g/mol. The number of para-hydroxylation sites is 1. The Kier molecular flexibility index (Phi) is 9.87. The summed E-state index contributed by atoms with van der Waals surface area (Å²) in [6.45, 7) is 1.92.